The van der Waals surface area contributed by atoms with E-state index in [0.29, 0.717) is 24.5 Å². The molecular weight excluding hydrogens is 278 g/mol. The van der Waals surface area contributed by atoms with E-state index in [1.807, 2.05) is 18.2 Å². The van der Waals surface area contributed by atoms with Crippen LogP contribution in [0, 0.1) is 0 Å². The lowest BCUT2D eigenvalue weighted by molar-refractivity contribution is -0.171. The third kappa shape index (κ3) is 4.08. The van der Waals surface area contributed by atoms with Crippen LogP contribution in [0.4, 0.5) is 0 Å². The van der Waals surface area contributed by atoms with Crippen LogP contribution >= 0.6 is 0 Å². The number of ether oxygens (including phenoxy) is 2. The van der Waals surface area contributed by atoms with Crippen molar-refractivity contribution >= 4 is 5.91 Å². The van der Waals surface area contributed by atoms with E-state index in [1.165, 1.54) is 19.3 Å². The highest BCUT2D eigenvalue weighted by Crippen LogP contribution is 2.32. The average Bonchev–Trinajstić information content (AvgIpc) is 2.55. The summed E-state index contributed by atoms with van der Waals surface area (Å²) in [4.78, 5) is 12.6. The number of hydrogen-bond donors (Lipinski definition) is 1. The zero-order chi connectivity index (χ0) is 16.0. The van der Waals surface area contributed by atoms with Crippen molar-refractivity contribution in [1.82, 2.24) is 5.32 Å². The number of methoxy groups -OCH3 is 2. The Morgan fingerprint density at radius 1 is 1.36 bits per heavy atom. The molecule has 22 heavy (non-hydrogen) atoms. The highest BCUT2D eigenvalue weighted by Gasteiger charge is 2.34. The topological polar surface area (TPSA) is 47.6 Å². The average molecular weight is 305 g/mol. The van der Waals surface area contributed by atoms with E-state index in [1.54, 1.807) is 14.2 Å². The van der Waals surface area contributed by atoms with Gasteiger partial charge in [-0.25, -0.2) is 0 Å². The maximum atomic E-state index is 12.6. The Kier molecular flexibility index (Phi) is 5.98. The molecule has 0 unspecified atom stereocenters. The van der Waals surface area contributed by atoms with Gasteiger partial charge in [0, 0.05) is 32.3 Å². The monoisotopic (exact) mass is 305 g/mol. The van der Waals surface area contributed by atoms with Gasteiger partial charge in [0.15, 0.2) is 5.79 Å². The third-order valence-electron chi connectivity index (χ3n) is 4.50. The summed E-state index contributed by atoms with van der Waals surface area (Å²) in [6, 6.07) is 0.301. The van der Waals surface area contributed by atoms with Crippen LogP contribution in [0.15, 0.2) is 36.0 Å². The second-order valence-corrected chi connectivity index (χ2v) is 6.09. The van der Waals surface area contributed by atoms with Gasteiger partial charge in [-0.05, 0) is 37.0 Å². The van der Waals surface area contributed by atoms with Crippen LogP contribution in [0.2, 0.25) is 0 Å². The van der Waals surface area contributed by atoms with Crippen LogP contribution in [-0.2, 0) is 14.3 Å². The van der Waals surface area contributed by atoms with E-state index in [0.717, 1.165) is 18.4 Å². The summed E-state index contributed by atoms with van der Waals surface area (Å²) in [5.74, 6) is -0.855. The molecule has 0 aromatic rings. The standard InChI is InChI=1S/C18H27NO3/c1-4-8-14-11-15(13-18(12-14,21-2)22-3)17(20)19-16-9-6-5-7-10-16/h4,11-12,16H,1,5-10,13H2,2-3H3,(H,19,20). The highest BCUT2D eigenvalue weighted by molar-refractivity contribution is 5.94. The van der Waals surface area contributed by atoms with Gasteiger partial charge < -0.3 is 14.8 Å². The Balaban J connectivity index is 2.12. The van der Waals surface area contributed by atoms with E-state index < -0.39 is 5.79 Å². The molecule has 1 amide bonds. The molecule has 1 fully saturated rings. The Labute approximate surface area is 133 Å². The number of hydrogen-bond acceptors (Lipinski definition) is 3. The van der Waals surface area contributed by atoms with Gasteiger partial charge in [0.05, 0.1) is 0 Å². The third-order valence-corrected chi connectivity index (χ3v) is 4.50. The van der Waals surface area contributed by atoms with Gasteiger partial charge in [-0.15, -0.1) is 6.58 Å². The normalized spacial score (nSPS) is 21.7. The fourth-order valence-electron chi connectivity index (χ4n) is 3.22. The zero-order valence-electron chi connectivity index (χ0n) is 13.7. The van der Waals surface area contributed by atoms with Gasteiger partial charge in [-0.2, -0.15) is 0 Å². The molecule has 2 aliphatic carbocycles. The summed E-state index contributed by atoms with van der Waals surface area (Å²) >= 11 is 0. The van der Waals surface area contributed by atoms with Gasteiger partial charge >= 0.3 is 0 Å². The van der Waals surface area contributed by atoms with Crippen LogP contribution in [0.5, 0.6) is 0 Å². The highest BCUT2D eigenvalue weighted by atomic mass is 16.7. The SMILES string of the molecule is C=CCC1=CC(OC)(OC)CC(C(=O)NC2CCCCC2)=C1. The molecule has 0 radical (unpaired) electrons. The van der Waals surface area contributed by atoms with Gasteiger partial charge in [0.2, 0.25) is 5.91 Å². The predicted octanol–water partition coefficient (Wildman–Crippen LogP) is 3.26. The Hall–Kier alpha value is -1.39. The lowest BCUT2D eigenvalue weighted by Crippen LogP contribution is -2.41. The van der Waals surface area contributed by atoms with Crippen LogP contribution in [0.3, 0.4) is 0 Å². The van der Waals surface area contributed by atoms with Crippen LogP contribution in [0.1, 0.15) is 44.9 Å². The van der Waals surface area contributed by atoms with Crippen molar-refractivity contribution in [2.24, 2.45) is 0 Å². The first-order valence-electron chi connectivity index (χ1n) is 8.07. The molecule has 0 saturated heterocycles. The van der Waals surface area contributed by atoms with E-state index in [9.17, 15) is 4.79 Å². The summed E-state index contributed by atoms with van der Waals surface area (Å²) < 4.78 is 11.0. The summed E-state index contributed by atoms with van der Waals surface area (Å²) in [6.07, 6.45) is 12.6. The van der Waals surface area contributed by atoms with Crippen molar-refractivity contribution in [2.45, 2.75) is 56.8 Å². The Morgan fingerprint density at radius 2 is 2.05 bits per heavy atom. The molecule has 4 nitrogen and oxygen atoms in total. The molecule has 2 aliphatic rings. The maximum absolute atomic E-state index is 12.6. The first-order chi connectivity index (χ1) is 10.6. The van der Waals surface area contributed by atoms with Gasteiger partial charge in [0.1, 0.15) is 0 Å². The van der Waals surface area contributed by atoms with Crippen molar-refractivity contribution in [3.05, 3.63) is 36.0 Å². The van der Waals surface area contributed by atoms with Crippen LogP contribution in [0.25, 0.3) is 0 Å². The van der Waals surface area contributed by atoms with E-state index in [4.69, 9.17) is 9.47 Å². The quantitative estimate of drug-likeness (QED) is 0.605. The Morgan fingerprint density at radius 3 is 2.64 bits per heavy atom. The number of allylic oxidation sites excluding steroid dienone is 3. The molecule has 2 rings (SSSR count). The molecule has 122 valence electrons. The first kappa shape index (κ1) is 17.0. The smallest absolute Gasteiger partial charge is 0.247 e. The molecule has 0 spiro atoms. The molecular formula is C18H27NO3. The number of carbonyl (C=O) groups excluding carboxylic acids is 1. The Bertz CT molecular complexity index is 469. The molecule has 4 heteroatoms. The molecule has 0 aromatic carbocycles. The van der Waals surface area contributed by atoms with Crippen molar-refractivity contribution in [2.75, 3.05) is 14.2 Å². The largest absolute Gasteiger partial charge is 0.350 e. The fraction of sp³-hybridized carbons (Fsp3) is 0.611. The lowest BCUT2D eigenvalue weighted by Gasteiger charge is -2.33. The fourth-order valence-corrected chi connectivity index (χ4v) is 3.22. The first-order valence-corrected chi connectivity index (χ1v) is 8.07. The minimum absolute atomic E-state index is 0.0000345. The summed E-state index contributed by atoms with van der Waals surface area (Å²) in [5.41, 5.74) is 1.72. The number of rotatable bonds is 6. The van der Waals surface area contributed by atoms with Crippen LogP contribution < -0.4 is 5.32 Å². The zero-order valence-corrected chi connectivity index (χ0v) is 13.7. The summed E-state index contributed by atoms with van der Waals surface area (Å²) in [7, 11) is 3.21. The number of nitrogens with one attached hydrogen (secondary N) is 1. The van der Waals surface area contributed by atoms with Crippen molar-refractivity contribution in [3.8, 4) is 0 Å². The summed E-state index contributed by atoms with van der Waals surface area (Å²) in [6.45, 7) is 3.77. The second kappa shape index (κ2) is 7.75. The molecule has 0 aromatic heterocycles. The molecule has 0 heterocycles. The lowest BCUT2D eigenvalue weighted by atomic mass is 9.91. The van der Waals surface area contributed by atoms with E-state index in [-0.39, 0.29) is 5.91 Å². The maximum Gasteiger partial charge on any atom is 0.247 e. The number of carbonyl (C=O) groups is 1. The molecule has 0 aliphatic heterocycles. The molecule has 1 N–H and O–H groups in total. The van der Waals surface area contributed by atoms with E-state index in [2.05, 4.69) is 11.9 Å². The molecule has 0 bridgehead atoms. The van der Waals surface area contributed by atoms with Crippen molar-refractivity contribution in [3.63, 3.8) is 0 Å². The van der Waals surface area contributed by atoms with Gasteiger partial charge in [-0.3, -0.25) is 4.79 Å². The van der Waals surface area contributed by atoms with Gasteiger partial charge in [0.25, 0.3) is 0 Å². The second-order valence-electron chi connectivity index (χ2n) is 6.09. The van der Waals surface area contributed by atoms with Crippen molar-refractivity contribution in [1.29, 1.82) is 0 Å². The minimum Gasteiger partial charge on any atom is -0.350 e. The van der Waals surface area contributed by atoms with Gasteiger partial charge in [-0.1, -0.05) is 25.3 Å². The summed E-state index contributed by atoms with van der Waals surface area (Å²) in [5, 5.41) is 3.17. The predicted molar refractivity (Wildman–Crippen MR) is 87.4 cm³/mol. The van der Waals surface area contributed by atoms with E-state index >= 15 is 0 Å². The number of amides is 1. The van der Waals surface area contributed by atoms with Crippen LogP contribution in [-0.4, -0.2) is 32.0 Å². The minimum atomic E-state index is -0.855. The molecule has 1 saturated carbocycles. The molecule has 0 atom stereocenters. The van der Waals surface area contributed by atoms with Crippen molar-refractivity contribution < 1.29 is 14.3 Å².